The van der Waals surface area contributed by atoms with Crippen LogP contribution in [0.4, 0.5) is 52.2 Å². The Hall–Kier alpha value is -4.20. The van der Waals surface area contributed by atoms with E-state index in [-0.39, 0.29) is 60.8 Å². The second-order valence-corrected chi connectivity index (χ2v) is 14.9. The minimum absolute atomic E-state index is 0.0124. The molecule has 0 aliphatic carbocycles. The maximum absolute atomic E-state index is 14.1. The standard InChI is InChI=1S/C24H28F4N4O4S.C11H12F4N2/c1-29-37(35,36)18-3-5-22(32-7-6-16(14-32)15-33)19(13-18)23(34)31-10-8-30(9-11-31)17-2-4-20(21(25)12-17)24(26,27)28;12-10-7-8(17-5-3-16-4-6-17)1-2-9(10)11(13,14)15/h2-5,12-13,16,29,33H,6-11,14-15H2,1H3;1-2,7,16H,3-6H2. The average molecular weight is 793 g/mol. The van der Waals surface area contributed by atoms with Crippen molar-refractivity contribution in [1.82, 2.24) is 14.9 Å². The van der Waals surface area contributed by atoms with E-state index >= 15 is 0 Å². The van der Waals surface area contributed by atoms with Crippen molar-refractivity contribution in [3.63, 3.8) is 0 Å². The molecular weight excluding hydrogens is 752 g/mol. The first-order valence-electron chi connectivity index (χ1n) is 17.1. The van der Waals surface area contributed by atoms with Crippen molar-refractivity contribution in [1.29, 1.82) is 0 Å². The number of rotatable bonds is 7. The summed E-state index contributed by atoms with van der Waals surface area (Å²) in [5.41, 5.74) is -0.979. The number of piperazine rings is 2. The fourth-order valence-corrected chi connectivity index (χ4v) is 7.33. The van der Waals surface area contributed by atoms with Crippen molar-refractivity contribution < 1.29 is 53.4 Å². The minimum Gasteiger partial charge on any atom is -0.396 e. The van der Waals surface area contributed by atoms with Gasteiger partial charge in [0.2, 0.25) is 10.0 Å². The fourth-order valence-electron chi connectivity index (χ4n) is 6.57. The molecule has 1 atom stereocenters. The van der Waals surface area contributed by atoms with E-state index in [9.17, 15) is 53.4 Å². The first kappa shape index (κ1) is 41.0. The maximum Gasteiger partial charge on any atom is 0.419 e. The zero-order valence-electron chi connectivity index (χ0n) is 29.2. The Labute approximate surface area is 307 Å². The number of carbonyl (C=O) groups excluding carboxylic acids is 1. The number of amides is 1. The van der Waals surface area contributed by atoms with Crippen LogP contribution in [0.1, 0.15) is 27.9 Å². The van der Waals surface area contributed by atoms with E-state index < -0.39 is 45.1 Å². The van der Waals surface area contributed by atoms with Crippen LogP contribution in [0.15, 0.2) is 59.5 Å². The smallest absolute Gasteiger partial charge is 0.396 e. The van der Waals surface area contributed by atoms with E-state index in [1.807, 2.05) is 9.80 Å². The first-order valence-corrected chi connectivity index (χ1v) is 18.6. The third kappa shape index (κ3) is 9.53. The number of aliphatic hydroxyl groups excluding tert-OH is 1. The Bertz CT molecular complexity index is 1900. The van der Waals surface area contributed by atoms with Gasteiger partial charge in [-0.3, -0.25) is 4.79 Å². The number of hydrogen-bond acceptors (Lipinski definition) is 8. The Morgan fingerprint density at radius 3 is 1.78 bits per heavy atom. The lowest BCUT2D eigenvalue weighted by Gasteiger charge is -2.37. The molecule has 3 aliphatic heterocycles. The zero-order chi connectivity index (χ0) is 39.4. The molecule has 1 amide bonds. The molecule has 3 heterocycles. The van der Waals surface area contributed by atoms with Crippen LogP contribution in [0, 0.1) is 17.6 Å². The van der Waals surface area contributed by atoms with Gasteiger partial charge in [-0.25, -0.2) is 21.9 Å². The van der Waals surface area contributed by atoms with Crippen LogP contribution in [0.3, 0.4) is 0 Å². The van der Waals surface area contributed by atoms with Crippen LogP contribution in [0.2, 0.25) is 0 Å². The number of alkyl halides is 6. The van der Waals surface area contributed by atoms with Gasteiger partial charge in [-0.15, -0.1) is 0 Å². The molecule has 296 valence electrons. The molecule has 3 aromatic rings. The molecule has 3 fully saturated rings. The van der Waals surface area contributed by atoms with Gasteiger partial charge >= 0.3 is 12.4 Å². The molecule has 3 N–H and O–H groups in total. The van der Waals surface area contributed by atoms with Crippen LogP contribution in [0.25, 0.3) is 0 Å². The molecule has 1 unspecified atom stereocenters. The third-order valence-electron chi connectivity index (χ3n) is 9.59. The molecule has 54 heavy (non-hydrogen) atoms. The van der Waals surface area contributed by atoms with Crippen molar-refractivity contribution in [2.45, 2.75) is 23.7 Å². The van der Waals surface area contributed by atoms with E-state index in [4.69, 9.17) is 0 Å². The second-order valence-electron chi connectivity index (χ2n) is 13.0. The van der Waals surface area contributed by atoms with Crippen molar-refractivity contribution in [2.75, 3.05) is 93.8 Å². The fraction of sp³-hybridized carbons (Fsp3) is 0.457. The van der Waals surface area contributed by atoms with Crippen LogP contribution in [0.5, 0.6) is 0 Å². The van der Waals surface area contributed by atoms with Crippen molar-refractivity contribution in [2.24, 2.45) is 5.92 Å². The van der Waals surface area contributed by atoms with Crippen LogP contribution < -0.4 is 24.7 Å². The molecule has 19 heteroatoms. The average Bonchev–Trinajstić information content (AvgIpc) is 3.63. The topological polar surface area (TPSA) is 108 Å². The number of carbonyl (C=O) groups is 1. The number of nitrogens with one attached hydrogen (secondary N) is 2. The van der Waals surface area contributed by atoms with Crippen LogP contribution in [-0.2, 0) is 22.4 Å². The van der Waals surface area contributed by atoms with Crippen molar-refractivity contribution in [3.05, 3.63) is 82.9 Å². The molecular formula is C35H40F8N6O4S. The van der Waals surface area contributed by atoms with Gasteiger partial charge in [-0.05, 0) is 68.1 Å². The van der Waals surface area contributed by atoms with E-state index in [1.165, 1.54) is 31.3 Å². The molecule has 0 saturated carbocycles. The van der Waals surface area contributed by atoms with E-state index in [1.54, 1.807) is 15.9 Å². The van der Waals surface area contributed by atoms with Gasteiger partial charge in [-0.2, -0.15) is 26.3 Å². The Kier molecular flexibility index (Phi) is 12.6. The van der Waals surface area contributed by atoms with Crippen LogP contribution >= 0.6 is 0 Å². The summed E-state index contributed by atoms with van der Waals surface area (Å²) in [4.78, 5) is 20.6. The summed E-state index contributed by atoms with van der Waals surface area (Å²) in [6.07, 6.45) is -8.68. The van der Waals surface area contributed by atoms with E-state index in [2.05, 4.69) is 10.0 Å². The number of nitrogens with zero attached hydrogens (tertiary/aromatic N) is 4. The highest BCUT2D eigenvalue weighted by Gasteiger charge is 2.36. The lowest BCUT2D eigenvalue weighted by molar-refractivity contribution is -0.140. The summed E-state index contributed by atoms with van der Waals surface area (Å²) < 4.78 is 130. The molecule has 3 aliphatic rings. The van der Waals surface area contributed by atoms with Gasteiger partial charge < -0.3 is 30.0 Å². The highest BCUT2D eigenvalue weighted by molar-refractivity contribution is 7.89. The molecule has 0 aromatic heterocycles. The molecule has 10 nitrogen and oxygen atoms in total. The normalized spacial score (nSPS) is 18.4. The van der Waals surface area contributed by atoms with E-state index in [0.29, 0.717) is 43.6 Å². The number of benzene rings is 3. The predicted molar refractivity (Wildman–Crippen MR) is 186 cm³/mol. The molecule has 3 aromatic carbocycles. The maximum atomic E-state index is 14.1. The quantitative estimate of drug-likeness (QED) is 0.294. The largest absolute Gasteiger partial charge is 0.419 e. The minimum atomic E-state index is -4.78. The lowest BCUT2D eigenvalue weighted by atomic mass is 10.1. The summed E-state index contributed by atoms with van der Waals surface area (Å²) in [5, 5.41) is 12.6. The summed E-state index contributed by atoms with van der Waals surface area (Å²) in [6.45, 7) is 4.94. The van der Waals surface area contributed by atoms with Gasteiger partial charge in [0, 0.05) is 95.0 Å². The predicted octanol–water partition coefficient (Wildman–Crippen LogP) is 4.79. The third-order valence-corrected chi connectivity index (χ3v) is 11.0. The first-order chi connectivity index (χ1) is 25.4. The highest BCUT2D eigenvalue weighted by atomic mass is 32.2. The highest BCUT2D eigenvalue weighted by Crippen LogP contribution is 2.35. The summed E-state index contributed by atoms with van der Waals surface area (Å²) in [5.74, 6) is -2.90. The summed E-state index contributed by atoms with van der Waals surface area (Å²) in [6, 6.07) is 10.2. The number of aliphatic hydroxyl groups is 1. The summed E-state index contributed by atoms with van der Waals surface area (Å²) >= 11 is 0. The van der Waals surface area contributed by atoms with Gasteiger partial charge in [0.05, 0.1) is 21.6 Å². The monoisotopic (exact) mass is 792 g/mol. The Morgan fingerprint density at radius 1 is 0.778 bits per heavy atom. The number of sulfonamides is 1. The zero-order valence-corrected chi connectivity index (χ0v) is 30.0. The van der Waals surface area contributed by atoms with Gasteiger partial charge in [0.15, 0.2) is 0 Å². The second kappa shape index (κ2) is 16.7. The Balaban J connectivity index is 0.000000274. The molecule has 3 saturated heterocycles. The summed E-state index contributed by atoms with van der Waals surface area (Å²) in [7, 11) is -2.53. The number of anilines is 3. The van der Waals surface area contributed by atoms with Gasteiger partial charge in [0.1, 0.15) is 11.6 Å². The van der Waals surface area contributed by atoms with Crippen molar-refractivity contribution in [3.8, 4) is 0 Å². The van der Waals surface area contributed by atoms with Crippen LogP contribution in [-0.4, -0.2) is 103 Å². The van der Waals surface area contributed by atoms with Gasteiger partial charge in [0.25, 0.3) is 5.91 Å². The lowest BCUT2D eigenvalue weighted by Crippen LogP contribution is -2.49. The van der Waals surface area contributed by atoms with Gasteiger partial charge in [-0.1, -0.05) is 0 Å². The van der Waals surface area contributed by atoms with Crippen molar-refractivity contribution >= 4 is 33.0 Å². The molecule has 0 bridgehead atoms. The molecule has 0 spiro atoms. The van der Waals surface area contributed by atoms with E-state index in [0.717, 1.165) is 37.7 Å². The number of hydrogen-bond donors (Lipinski definition) is 3. The number of halogens is 8. The molecule has 0 radical (unpaired) electrons. The SMILES string of the molecule is CNS(=O)(=O)c1ccc(N2CCC(CO)C2)c(C(=O)N2CCN(c3ccc(C(F)(F)F)c(F)c3)CC2)c1.Fc1cc(N2CCNCC2)ccc1C(F)(F)F. The Morgan fingerprint density at radius 2 is 1.31 bits per heavy atom. The molecule has 6 rings (SSSR count).